The minimum atomic E-state index is 0.405. The zero-order chi connectivity index (χ0) is 13.4. The fourth-order valence-electron chi connectivity index (χ4n) is 2.35. The van der Waals surface area contributed by atoms with Crippen molar-refractivity contribution in [3.8, 4) is 0 Å². The fraction of sp³-hybridized carbons (Fsp3) is 0.733. The summed E-state index contributed by atoms with van der Waals surface area (Å²) in [6.45, 7) is 10.0. The van der Waals surface area contributed by atoms with Crippen molar-refractivity contribution >= 4 is 11.8 Å². The largest absolute Gasteiger partial charge is 0.350 e. The summed E-state index contributed by atoms with van der Waals surface area (Å²) < 4.78 is 2.76. The van der Waals surface area contributed by atoms with Gasteiger partial charge in [0.1, 0.15) is 0 Å². The Labute approximate surface area is 117 Å². The van der Waals surface area contributed by atoms with Gasteiger partial charge in [-0.15, -0.1) is 0 Å². The van der Waals surface area contributed by atoms with E-state index in [4.69, 9.17) is 0 Å². The van der Waals surface area contributed by atoms with Crippen molar-refractivity contribution in [1.82, 2.24) is 9.88 Å². The molecule has 1 aromatic heterocycles. The Bertz CT molecular complexity index is 321. The highest BCUT2D eigenvalue weighted by Gasteiger charge is 2.24. The molecule has 1 N–H and O–H groups in total. The van der Waals surface area contributed by atoms with Gasteiger partial charge in [0.2, 0.25) is 0 Å². The van der Waals surface area contributed by atoms with Gasteiger partial charge in [-0.1, -0.05) is 20.8 Å². The van der Waals surface area contributed by atoms with Gasteiger partial charge in [0.25, 0.3) is 0 Å². The van der Waals surface area contributed by atoms with E-state index in [1.54, 1.807) is 0 Å². The molecule has 0 spiro atoms. The van der Waals surface area contributed by atoms with Crippen LogP contribution >= 0.6 is 11.8 Å². The number of rotatable bonds is 9. The van der Waals surface area contributed by atoms with Crippen molar-refractivity contribution < 1.29 is 0 Å². The number of hydrogen-bond acceptors (Lipinski definition) is 2. The third-order valence-corrected chi connectivity index (χ3v) is 5.45. The van der Waals surface area contributed by atoms with Crippen LogP contribution in [0.3, 0.4) is 0 Å². The van der Waals surface area contributed by atoms with Crippen LogP contribution in [0.25, 0.3) is 0 Å². The molecule has 0 fully saturated rings. The summed E-state index contributed by atoms with van der Waals surface area (Å²) >= 11 is 2.00. The lowest BCUT2D eigenvalue weighted by Gasteiger charge is -2.30. The minimum absolute atomic E-state index is 0.405. The molecule has 104 valence electrons. The van der Waals surface area contributed by atoms with Crippen molar-refractivity contribution in [2.45, 2.75) is 57.9 Å². The highest BCUT2D eigenvalue weighted by molar-refractivity contribution is 8.00. The number of thioether (sulfide) groups is 1. The average molecular weight is 268 g/mol. The van der Waals surface area contributed by atoms with Gasteiger partial charge in [0.05, 0.1) is 0 Å². The molecule has 0 saturated carbocycles. The van der Waals surface area contributed by atoms with Crippen molar-refractivity contribution in [3.05, 3.63) is 24.0 Å². The van der Waals surface area contributed by atoms with Gasteiger partial charge < -0.3 is 9.88 Å². The van der Waals surface area contributed by atoms with Gasteiger partial charge in [0, 0.05) is 36.3 Å². The molecule has 0 atom stereocenters. The molecule has 0 aliphatic carbocycles. The van der Waals surface area contributed by atoms with E-state index in [0.717, 1.165) is 19.6 Å². The summed E-state index contributed by atoms with van der Waals surface area (Å²) in [4.78, 5) is 0. The molecule has 1 heterocycles. The summed E-state index contributed by atoms with van der Waals surface area (Å²) in [6, 6.07) is 4.37. The number of aryl methyl sites for hydroxylation is 1. The molecule has 0 unspecified atom stereocenters. The zero-order valence-corrected chi connectivity index (χ0v) is 13.1. The molecule has 18 heavy (non-hydrogen) atoms. The van der Waals surface area contributed by atoms with Crippen LogP contribution < -0.4 is 5.32 Å². The van der Waals surface area contributed by atoms with Crippen molar-refractivity contribution in [3.63, 3.8) is 0 Å². The van der Waals surface area contributed by atoms with Gasteiger partial charge in [-0.25, -0.2) is 0 Å². The Morgan fingerprint density at radius 1 is 1.28 bits per heavy atom. The molecular formula is C15H28N2S. The van der Waals surface area contributed by atoms with Gasteiger partial charge in [-0.2, -0.15) is 11.8 Å². The van der Waals surface area contributed by atoms with Crippen molar-refractivity contribution in [2.24, 2.45) is 0 Å². The van der Waals surface area contributed by atoms with E-state index in [2.05, 4.69) is 55.2 Å². The lowest BCUT2D eigenvalue weighted by Crippen LogP contribution is -2.36. The van der Waals surface area contributed by atoms with E-state index in [1.807, 2.05) is 11.8 Å². The molecule has 0 bridgehead atoms. The topological polar surface area (TPSA) is 17.0 Å². The first-order chi connectivity index (χ1) is 8.71. The van der Waals surface area contributed by atoms with E-state index in [0.29, 0.717) is 4.75 Å². The van der Waals surface area contributed by atoms with Crippen LogP contribution in [0.1, 0.15) is 45.7 Å². The summed E-state index contributed by atoms with van der Waals surface area (Å²) in [5.74, 6) is 0. The van der Waals surface area contributed by atoms with Gasteiger partial charge in [-0.3, -0.25) is 0 Å². The first kappa shape index (κ1) is 15.6. The summed E-state index contributed by atoms with van der Waals surface area (Å²) in [5, 5.41) is 3.64. The molecule has 1 rings (SSSR count). The number of hydrogen-bond donors (Lipinski definition) is 1. The predicted octanol–water partition coefficient (Wildman–Crippen LogP) is 3.91. The van der Waals surface area contributed by atoms with Crippen LogP contribution in [0.4, 0.5) is 0 Å². The monoisotopic (exact) mass is 268 g/mol. The highest BCUT2D eigenvalue weighted by Crippen LogP contribution is 2.29. The highest BCUT2D eigenvalue weighted by atomic mass is 32.2. The lowest BCUT2D eigenvalue weighted by atomic mass is 10.0. The van der Waals surface area contributed by atoms with E-state index < -0.39 is 0 Å². The maximum absolute atomic E-state index is 3.64. The Kier molecular flexibility index (Phi) is 6.87. The third-order valence-electron chi connectivity index (χ3n) is 3.86. The molecule has 0 amide bonds. The standard InChI is InChI=1S/C15H28N2S/c1-5-10-17-11-8-9-14(17)12-16-13-15(6-2,7-3)18-4/h8-9,11,16H,5-7,10,12-13H2,1-4H3. The Balaban J connectivity index is 2.47. The average Bonchev–Trinajstić information content (AvgIpc) is 2.83. The summed E-state index contributed by atoms with van der Waals surface area (Å²) in [5.41, 5.74) is 1.40. The van der Waals surface area contributed by atoms with Crippen LogP contribution in [-0.2, 0) is 13.1 Å². The second-order valence-electron chi connectivity index (χ2n) is 4.89. The van der Waals surface area contributed by atoms with E-state index >= 15 is 0 Å². The first-order valence-electron chi connectivity index (χ1n) is 7.11. The zero-order valence-electron chi connectivity index (χ0n) is 12.3. The number of nitrogens with one attached hydrogen (secondary N) is 1. The van der Waals surface area contributed by atoms with E-state index in [9.17, 15) is 0 Å². The molecule has 0 saturated heterocycles. The van der Waals surface area contributed by atoms with E-state index in [-0.39, 0.29) is 0 Å². The first-order valence-corrected chi connectivity index (χ1v) is 8.33. The molecule has 0 aromatic carbocycles. The van der Waals surface area contributed by atoms with Gasteiger partial charge in [0.15, 0.2) is 0 Å². The quantitative estimate of drug-likeness (QED) is 0.731. The normalized spacial score (nSPS) is 12.0. The summed E-state index contributed by atoms with van der Waals surface area (Å²) in [6.07, 6.45) is 8.07. The van der Waals surface area contributed by atoms with Crippen molar-refractivity contribution in [2.75, 3.05) is 12.8 Å². The van der Waals surface area contributed by atoms with Crippen LogP contribution in [0.2, 0.25) is 0 Å². The smallest absolute Gasteiger partial charge is 0.0359 e. The van der Waals surface area contributed by atoms with Gasteiger partial charge in [-0.05, 0) is 37.7 Å². The van der Waals surface area contributed by atoms with Gasteiger partial charge >= 0.3 is 0 Å². The van der Waals surface area contributed by atoms with Crippen LogP contribution in [0, 0.1) is 0 Å². The number of nitrogens with zero attached hydrogens (tertiary/aromatic N) is 1. The fourth-order valence-corrected chi connectivity index (χ4v) is 3.17. The molecule has 0 aliphatic heterocycles. The Morgan fingerprint density at radius 2 is 2.00 bits per heavy atom. The second kappa shape index (κ2) is 7.90. The minimum Gasteiger partial charge on any atom is -0.350 e. The lowest BCUT2D eigenvalue weighted by molar-refractivity contribution is 0.486. The molecular weight excluding hydrogens is 240 g/mol. The maximum atomic E-state index is 3.64. The van der Waals surface area contributed by atoms with Crippen LogP contribution in [0.15, 0.2) is 18.3 Å². The van der Waals surface area contributed by atoms with Crippen molar-refractivity contribution in [1.29, 1.82) is 0 Å². The molecule has 3 heteroatoms. The maximum Gasteiger partial charge on any atom is 0.0359 e. The third kappa shape index (κ3) is 4.06. The molecule has 1 aromatic rings. The SMILES string of the molecule is CCCn1cccc1CNCC(CC)(CC)SC. The molecule has 0 aliphatic rings. The Morgan fingerprint density at radius 3 is 2.56 bits per heavy atom. The Hall–Kier alpha value is -0.410. The summed E-state index contributed by atoms with van der Waals surface area (Å²) in [7, 11) is 0. The number of aromatic nitrogens is 1. The molecule has 0 radical (unpaired) electrons. The molecule has 2 nitrogen and oxygen atoms in total. The second-order valence-corrected chi connectivity index (χ2v) is 6.16. The van der Waals surface area contributed by atoms with Crippen LogP contribution in [0.5, 0.6) is 0 Å². The van der Waals surface area contributed by atoms with Crippen LogP contribution in [-0.4, -0.2) is 22.1 Å². The van der Waals surface area contributed by atoms with E-state index in [1.165, 1.54) is 25.0 Å². The predicted molar refractivity (Wildman–Crippen MR) is 83.3 cm³/mol.